The summed E-state index contributed by atoms with van der Waals surface area (Å²) in [4.78, 5) is 0. The molecule has 0 saturated heterocycles. The van der Waals surface area contributed by atoms with Crippen LogP contribution in [0.15, 0.2) is 28.7 Å². The van der Waals surface area contributed by atoms with Crippen molar-refractivity contribution in [3.8, 4) is 5.88 Å². The SMILES string of the molecule is COc1c(CNc2ccc(Br)cc2)c(C)nn1C. The summed E-state index contributed by atoms with van der Waals surface area (Å²) in [6.07, 6.45) is 0. The number of anilines is 1. The molecular formula is C13H16BrN3O. The van der Waals surface area contributed by atoms with Gasteiger partial charge in [0.15, 0.2) is 0 Å². The van der Waals surface area contributed by atoms with E-state index in [4.69, 9.17) is 4.74 Å². The van der Waals surface area contributed by atoms with Crippen molar-refractivity contribution in [1.82, 2.24) is 9.78 Å². The number of aromatic nitrogens is 2. The highest BCUT2D eigenvalue weighted by Crippen LogP contribution is 2.22. The van der Waals surface area contributed by atoms with Crippen LogP contribution in [-0.4, -0.2) is 16.9 Å². The van der Waals surface area contributed by atoms with Gasteiger partial charge in [-0.3, -0.25) is 0 Å². The van der Waals surface area contributed by atoms with Crippen molar-refractivity contribution < 1.29 is 4.74 Å². The number of aryl methyl sites for hydroxylation is 2. The smallest absolute Gasteiger partial charge is 0.216 e. The Kier molecular flexibility index (Phi) is 3.91. The predicted molar refractivity (Wildman–Crippen MR) is 76.0 cm³/mol. The summed E-state index contributed by atoms with van der Waals surface area (Å²) in [5, 5.41) is 7.72. The van der Waals surface area contributed by atoms with Gasteiger partial charge < -0.3 is 10.1 Å². The van der Waals surface area contributed by atoms with Crippen LogP contribution in [0.3, 0.4) is 0 Å². The van der Waals surface area contributed by atoms with Gasteiger partial charge in [-0.2, -0.15) is 5.10 Å². The molecule has 0 aliphatic heterocycles. The number of hydrogen-bond acceptors (Lipinski definition) is 3. The summed E-state index contributed by atoms with van der Waals surface area (Å²) in [5.74, 6) is 0.803. The maximum Gasteiger partial charge on any atom is 0.216 e. The summed E-state index contributed by atoms with van der Waals surface area (Å²) in [6, 6.07) is 8.08. The standard InChI is InChI=1S/C13H16BrN3O/c1-9-12(13(18-3)17(2)16-9)8-15-11-6-4-10(14)5-7-11/h4-7,15H,8H2,1-3H3. The number of hydrogen-bond donors (Lipinski definition) is 1. The number of rotatable bonds is 4. The number of nitrogens with zero attached hydrogens (tertiary/aromatic N) is 2. The molecule has 2 aromatic rings. The molecule has 4 nitrogen and oxygen atoms in total. The third kappa shape index (κ3) is 2.67. The second-order valence-electron chi connectivity index (χ2n) is 4.06. The van der Waals surface area contributed by atoms with E-state index in [1.165, 1.54) is 0 Å². The van der Waals surface area contributed by atoms with E-state index < -0.39 is 0 Å². The Morgan fingerprint density at radius 1 is 1.33 bits per heavy atom. The minimum atomic E-state index is 0.699. The van der Waals surface area contributed by atoms with Gasteiger partial charge in [-0.25, -0.2) is 4.68 Å². The molecule has 0 aliphatic rings. The van der Waals surface area contributed by atoms with Crippen LogP contribution in [0.25, 0.3) is 0 Å². The van der Waals surface area contributed by atoms with Crippen molar-refractivity contribution in [3.05, 3.63) is 40.0 Å². The molecule has 0 unspecified atom stereocenters. The fourth-order valence-corrected chi connectivity index (χ4v) is 2.16. The zero-order valence-electron chi connectivity index (χ0n) is 10.7. The topological polar surface area (TPSA) is 39.1 Å². The summed E-state index contributed by atoms with van der Waals surface area (Å²) < 4.78 is 8.19. The van der Waals surface area contributed by atoms with Crippen LogP contribution in [-0.2, 0) is 13.6 Å². The molecule has 0 spiro atoms. The molecule has 1 aromatic heterocycles. The number of methoxy groups -OCH3 is 1. The molecule has 18 heavy (non-hydrogen) atoms. The summed E-state index contributed by atoms with van der Waals surface area (Å²) in [5.41, 5.74) is 3.14. The molecule has 1 aromatic carbocycles. The van der Waals surface area contributed by atoms with Gasteiger partial charge >= 0.3 is 0 Å². The highest BCUT2D eigenvalue weighted by Gasteiger charge is 2.13. The van der Waals surface area contributed by atoms with Crippen LogP contribution in [0, 0.1) is 6.92 Å². The van der Waals surface area contributed by atoms with Gasteiger partial charge in [0.25, 0.3) is 0 Å². The zero-order valence-corrected chi connectivity index (χ0v) is 12.3. The van der Waals surface area contributed by atoms with Crippen molar-refractivity contribution in [2.45, 2.75) is 13.5 Å². The lowest BCUT2D eigenvalue weighted by Gasteiger charge is -2.08. The predicted octanol–water partition coefficient (Wildman–Crippen LogP) is 3.11. The first-order valence-corrected chi connectivity index (χ1v) is 6.47. The number of benzene rings is 1. The molecule has 0 saturated carbocycles. The van der Waals surface area contributed by atoms with Gasteiger partial charge in [0.1, 0.15) is 0 Å². The second-order valence-corrected chi connectivity index (χ2v) is 4.97. The van der Waals surface area contributed by atoms with E-state index in [9.17, 15) is 0 Å². The van der Waals surface area contributed by atoms with Crippen molar-refractivity contribution >= 4 is 21.6 Å². The van der Waals surface area contributed by atoms with Crippen LogP contribution in [0.5, 0.6) is 5.88 Å². The number of ether oxygens (including phenoxy) is 1. The summed E-state index contributed by atoms with van der Waals surface area (Å²) in [6.45, 7) is 2.69. The van der Waals surface area contributed by atoms with E-state index in [1.807, 2.05) is 38.2 Å². The first kappa shape index (κ1) is 13.0. The molecule has 0 fully saturated rings. The molecule has 96 valence electrons. The highest BCUT2D eigenvalue weighted by atomic mass is 79.9. The van der Waals surface area contributed by atoms with Crippen molar-refractivity contribution in [1.29, 1.82) is 0 Å². The van der Waals surface area contributed by atoms with E-state index in [2.05, 4.69) is 26.3 Å². The van der Waals surface area contributed by atoms with E-state index in [0.29, 0.717) is 6.54 Å². The maximum absolute atomic E-state index is 5.36. The second kappa shape index (κ2) is 5.44. The Hall–Kier alpha value is -1.49. The molecule has 0 aliphatic carbocycles. The fourth-order valence-electron chi connectivity index (χ4n) is 1.90. The quantitative estimate of drug-likeness (QED) is 0.943. The van der Waals surface area contributed by atoms with Crippen molar-refractivity contribution in [2.75, 3.05) is 12.4 Å². The van der Waals surface area contributed by atoms with Crippen LogP contribution in [0.4, 0.5) is 5.69 Å². The third-order valence-corrected chi connectivity index (χ3v) is 3.32. The lowest BCUT2D eigenvalue weighted by molar-refractivity contribution is 0.370. The molecule has 0 radical (unpaired) electrons. The molecule has 5 heteroatoms. The van der Waals surface area contributed by atoms with Gasteiger partial charge in [-0.05, 0) is 31.2 Å². The Bertz CT molecular complexity index is 534. The van der Waals surface area contributed by atoms with Crippen LogP contribution in [0.2, 0.25) is 0 Å². The largest absolute Gasteiger partial charge is 0.481 e. The van der Waals surface area contributed by atoms with Crippen molar-refractivity contribution in [2.24, 2.45) is 7.05 Å². The molecular weight excluding hydrogens is 294 g/mol. The lowest BCUT2D eigenvalue weighted by Crippen LogP contribution is -2.02. The number of halogens is 1. The minimum absolute atomic E-state index is 0.699. The lowest BCUT2D eigenvalue weighted by atomic mass is 10.2. The van der Waals surface area contributed by atoms with E-state index in [0.717, 1.165) is 27.3 Å². The fraction of sp³-hybridized carbons (Fsp3) is 0.308. The Morgan fingerprint density at radius 2 is 2.00 bits per heavy atom. The van der Waals surface area contributed by atoms with Gasteiger partial charge in [0.2, 0.25) is 5.88 Å². The molecule has 0 bridgehead atoms. The average molecular weight is 310 g/mol. The third-order valence-electron chi connectivity index (χ3n) is 2.80. The van der Waals surface area contributed by atoms with Gasteiger partial charge in [0, 0.05) is 23.8 Å². The molecule has 0 atom stereocenters. The highest BCUT2D eigenvalue weighted by molar-refractivity contribution is 9.10. The minimum Gasteiger partial charge on any atom is -0.481 e. The molecule has 1 heterocycles. The maximum atomic E-state index is 5.36. The Balaban J connectivity index is 2.12. The van der Waals surface area contributed by atoms with Gasteiger partial charge in [-0.15, -0.1) is 0 Å². The van der Waals surface area contributed by atoms with E-state index in [1.54, 1.807) is 11.8 Å². The van der Waals surface area contributed by atoms with Gasteiger partial charge in [-0.1, -0.05) is 15.9 Å². The average Bonchev–Trinajstić information content (AvgIpc) is 2.62. The van der Waals surface area contributed by atoms with E-state index in [-0.39, 0.29) is 0 Å². The number of nitrogens with one attached hydrogen (secondary N) is 1. The molecule has 1 N–H and O–H groups in total. The monoisotopic (exact) mass is 309 g/mol. The summed E-state index contributed by atoms with van der Waals surface area (Å²) >= 11 is 3.42. The van der Waals surface area contributed by atoms with Crippen LogP contribution >= 0.6 is 15.9 Å². The summed E-state index contributed by atoms with van der Waals surface area (Å²) in [7, 11) is 3.55. The molecule has 0 amide bonds. The Morgan fingerprint density at radius 3 is 2.61 bits per heavy atom. The van der Waals surface area contributed by atoms with Crippen LogP contribution in [0.1, 0.15) is 11.3 Å². The zero-order chi connectivity index (χ0) is 13.1. The Labute approximate surface area is 115 Å². The van der Waals surface area contributed by atoms with E-state index >= 15 is 0 Å². The van der Waals surface area contributed by atoms with Crippen molar-refractivity contribution in [3.63, 3.8) is 0 Å². The molecule has 2 rings (SSSR count). The first-order valence-electron chi connectivity index (χ1n) is 5.67. The first-order chi connectivity index (χ1) is 8.61. The normalized spacial score (nSPS) is 10.4. The van der Waals surface area contributed by atoms with Gasteiger partial charge in [0.05, 0.1) is 18.4 Å². The van der Waals surface area contributed by atoms with Crippen LogP contribution < -0.4 is 10.1 Å².